The third-order valence-corrected chi connectivity index (χ3v) is 4.66. The third-order valence-electron chi connectivity index (χ3n) is 3.36. The average molecular weight is 343 g/mol. The van der Waals surface area contributed by atoms with Crippen molar-refractivity contribution in [1.82, 2.24) is 10.3 Å². The second-order valence-electron chi connectivity index (χ2n) is 5.00. The van der Waals surface area contributed by atoms with Gasteiger partial charge < -0.3 is 5.32 Å². The number of carbonyl (C=O) groups is 1. The number of hydrogen-bond acceptors (Lipinski definition) is 3. The van der Waals surface area contributed by atoms with Gasteiger partial charge in [0.1, 0.15) is 0 Å². The number of carbonyl (C=O) groups excluding carboxylic acids is 1. The molecule has 23 heavy (non-hydrogen) atoms. The molecule has 0 saturated carbocycles. The molecule has 2 aromatic carbocycles. The predicted octanol–water partition coefficient (Wildman–Crippen LogP) is 4.30. The fourth-order valence-corrected chi connectivity index (χ4v) is 3.06. The van der Waals surface area contributed by atoms with Gasteiger partial charge in [0, 0.05) is 17.0 Å². The molecule has 0 aliphatic rings. The molecule has 1 amide bonds. The zero-order chi connectivity index (χ0) is 16.1. The summed E-state index contributed by atoms with van der Waals surface area (Å²) in [5, 5.41) is 5.48. The Bertz CT molecular complexity index is 838. The van der Waals surface area contributed by atoms with Crippen LogP contribution in [0, 0.1) is 0 Å². The number of aromatic nitrogens is 1. The lowest BCUT2D eigenvalue weighted by molar-refractivity contribution is -0.118. The Balaban J connectivity index is 1.54. The van der Waals surface area contributed by atoms with Crippen molar-refractivity contribution in [3.63, 3.8) is 0 Å². The average Bonchev–Trinajstić information content (AvgIpc) is 2.59. The summed E-state index contributed by atoms with van der Waals surface area (Å²) in [6.45, 7) is 0.435. The van der Waals surface area contributed by atoms with Crippen LogP contribution in [0.25, 0.3) is 10.9 Å². The van der Waals surface area contributed by atoms with Crippen molar-refractivity contribution in [2.75, 3.05) is 5.75 Å². The number of thioether (sulfide) groups is 1. The maximum absolute atomic E-state index is 12.0. The Morgan fingerprint density at radius 3 is 2.70 bits per heavy atom. The number of nitrogens with zero attached hydrogens (tertiary/aromatic N) is 1. The molecule has 0 bridgehead atoms. The summed E-state index contributed by atoms with van der Waals surface area (Å²) in [4.78, 5) is 16.5. The standard InChI is InChI=1S/C18H15ClN2OS/c19-15-7-3-1-6-14(15)11-20-17(22)12-23-18-10-9-13-5-2-4-8-16(13)21-18/h1-10H,11-12H2,(H,20,22). The van der Waals surface area contributed by atoms with E-state index in [1.54, 1.807) is 0 Å². The molecule has 1 N–H and O–H groups in total. The van der Waals surface area contributed by atoms with E-state index in [9.17, 15) is 4.79 Å². The predicted molar refractivity (Wildman–Crippen MR) is 95.8 cm³/mol. The van der Waals surface area contributed by atoms with Crippen molar-refractivity contribution in [3.05, 3.63) is 71.2 Å². The fraction of sp³-hybridized carbons (Fsp3) is 0.111. The summed E-state index contributed by atoms with van der Waals surface area (Å²) < 4.78 is 0. The van der Waals surface area contributed by atoms with Gasteiger partial charge in [0.05, 0.1) is 16.3 Å². The molecule has 0 aliphatic heterocycles. The van der Waals surface area contributed by atoms with Crippen molar-refractivity contribution in [1.29, 1.82) is 0 Å². The highest BCUT2D eigenvalue weighted by atomic mass is 35.5. The molecule has 0 fully saturated rings. The van der Waals surface area contributed by atoms with Crippen molar-refractivity contribution >= 4 is 40.2 Å². The Morgan fingerprint density at radius 1 is 1.04 bits per heavy atom. The van der Waals surface area contributed by atoms with E-state index in [4.69, 9.17) is 11.6 Å². The largest absolute Gasteiger partial charge is 0.351 e. The van der Waals surface area contributed by atoms with Gasteiger partial charge in [-0.25, -0.2) is 4.98 Å². The van der Waals surface area contributed by atoms with Gasteiger partial charge in [-0.3, -0.25) is 4.79 Å². The molecule has 3 aromatic rings. The van der Waals surface area contributed by atoms with E-state index >= 15 is 0 Å². The number of para-hydroxylation sites is 1. The van der Waals surface area contributed by atoms with Gasteiger partial charge in [0.15, 0.2) is 0 Å². The highest BCUT2D eigenvalue weighted by Crippen LogP contribution is 2.20. The van der Waals surface area contributed by atoms with E-state index in [0.29, 0.717) is 17.3 Å². The number of benzene rings is 2. The fourth-order valence-electron chi connectivity index (χ4n) is 2.15. The van der Waals surface area contributed by atoms with Gasteiger partial charge in [-0.15, -0.1) is 0 Å². The van der Waals surface area contributed by atoms with Gasteiger partial charge in [0.2, 0.25) is 5.91 Å². The minimum Gasteiger partial charge on any atom is -0.351 e. The molecule has 0 unspecified atom stereocenters. The van der Waals surface area contributed by atoms with E-state index in [0.717, 1.165) is 21.5 Å². The van der Waals surface area contributed by atoms with Crippen LogP contribution in [0.3, 0.4) is 0 Å². The van der Waals surface area contributed by atoms with Crippen LogP contribution in [0.15, 0.2) is 65.7 Å². The number of hydrogen-bond donors (Lipinski definition) is 1. The second-order valence-corrected chi connectivity index (χ2v) is 6.40. The first-order valence-corrected chi connectivity index (χ1v) is 8.57. The smallest absolute Gasteiger partial charge is 0.230 e. The number of rotatable bonds is 5. The molecule has 116 valence electrons. The number of halogens is 1. The molecule has 1 heterocycles. The maximum atomic E-state index is 12.0. The summed E-state index contributed by atoms with van der Waals surface area (Å²) in [5.74, 6) is 0.292. The van der Waals surface area contributed by atoms with E-state index in [1.807, 2.05) is 60.7 Å². The van der Waals surface area contributed by atoms with Crippen LogP contribution in [-0.4, -0.2) is 16.6 Å². The molecule has 0 aliphatic carbocycles. The first-order valence-electron chi connectivity index (χ1n) is 7.21. The van der Waals surface area contributed by atoms with Gasteiger partial charge in [-0.2, -0.15) is 0 Å². The molecule has 1 aromatic heterocycles. The topological polar surface area (TPSA) is 42.0 Å². The lowest BCUT2D eigenvalue weighted by Crippen LogP contribution is -2.24. The highest BCUT2D eigenvalue weighted by Gasteiger charge is 2.06. The number of pyridine rings is 1. The van der Waals surface area contributed by atoms with Gasteiger partial charge in [0.25, 0.3) is 0 Å². The Labute approximate surface area is 144 Å². The van der Waals surface area contributed by atoms with Gasteiger partial charge in [-0.05, 0) is 23.8 Å². The third kappa shape index (κ3) is 4.24. The summed E-state index contributed by atoms with van der Waals surface area (Å²) in [6, 6.07) is 19.4. The first-order chi connectivity index (χ1) is 11.2. The number of amides is 1. The molecule has 3 nitrogen and oxygen atoms in total. The van der Waals surface area contributed by atoms with Crippen LogP contribution in [0.1, 0.15) is 5.56 Å². The van der Waals surface area contributed by atoms with Crippen LogP contribution in [-0.2, 0) is 11.3 Å². The normalized spacial score (nSPS) is 10.7. The summed E-state index contributed by atoms with van der Waals surface area (Å²) in [5.41, 5.74) is 1.85. The van der Waals surface area contributed by atoms with Crippen molar-refractivity contribution in [2.24, 2.45) is 0 Å². The minimum absolute atomic E-state index is 0.0371. The van der Waals surface area contributed by atoms with E-state index < -0.39 is 0 Å². The Kier molecular flexibility index (Phi) is 5.16. The van der Waals surface area contributed by atoms with Crippen LogP contribution in [0.5, 0.6) is 0 Å². The van der Waals surface area contributed by atoms with Crippen LogP contribution in [0.2, 0.25) is 5.02 Å². The Morgan fingerprint density at radius 2 is 1.83 bits per heavy atom. The quantitative estimate of drug-likeness (QED) is 0.703. The molecule has 5 heteroatoms. The summed E-state index contributed by atoms with van der Waals surface area (Å²) >= 11 is 7.50. The number of nitrogens with one attached hydrogen (secondary N) is 1. The highest BCUT2D eigenvalue weighted by molar-refractivity contribution is 7.99. The van der Waals surface area contributed by atoms with E-state index in [2.05, 4.69) is 10.3 Å². The Hall–Kier alpha value is -2.04. The lowest BCUT2D eigenvalue weighted by Gasteiger charge is -2.07. The van der Waals surface area contributed by atoms with Crippen molar-refractivity contribution in [2.45, 2.75) is 11.6 Å². The van der Waals surface area contributed by atoms with Crippen molar-refractivity contribution < 1.29 is 4.79 Å². The van der Waals surface area contributed by atoms with Gasteiger partial charge >= 0.3 is 0 Å². The molecule has 0 atom stereocenters. The van der Waals surface area contributed by atoms with E-state index in [1.165, 1.54) is 11.8 Å². The monoisotopic (exact) mass is 342 g/mol. The van der Waals surface area contributed by atoms with E-state index in [-0.39, 0.29) is 5.91 Å². The maximum Gasteiger partial charge on any atom is 0.230 e. The minimum atomic E-state index is -0.0371. The zero-order valence-electron chi connectivity index (χ0n) is 12.3. The summed E-state index contributed by atoms with van der Waals surface area (Å²) in [7, 11) is 0. The van der Waals surface area contributed by atoms with Crippen LogP contribution in [0.4, 0.5) is 0 Å². The second kappa shape index (κ2) is 7.49. The zero-order valence-corrected chi connectivity index (χ0v) is 13.9. The first kappa shape index (κ1) is 15.8. The molecule has 0 spiro atoms. The SMILES string of the molecule is O=C(CSc1ccc2ccccc2n1)NCc1ccccc1Cl. The summed E-state index contributed by atoms with van der Waals surface area (Å²) in [6.07, 6.45) is 0. The molecule has 0 radical (unpaired) electrons. The van der Waals surface area contributed by atoms with Gasteiger partial charge in [-0.1, -0.05) is 65.8 Å². The van der Waals surface area contributed by atoms with Crippen LogP contribution < -0.4 is 5.32 Å². The van der Waals surface area contributed by atoms with Crippen molar-refractivity contribution in [3.8, 4) is 0 Å². The molecular formula is C18H15ClN2OS. The van der Waals surface area contributed by atoms with Crippen LogP contribution >= 0.6 is 23.4 Å². The number of fused-ring (bicyclic) bond motifs is 1. The molecule has 3 rings (SSSR count). The lowest BCUT2D eigenvalue weighted by atomic mass is 10.2. The molecule has 0 saturated heterocycles. The molecular weight excluding hydrogens is 328 g/mol.